The number of hydrogen-bond acceptors (Lipinski definition) is 1. The van der Waals surface area contributed by atoms with Crippen molar-refractivity contribution in [3.05, 3.63) is 28.8 Å². The number of hydrogen-bond donors (Lipinski definition) is 1. The molecule has 1 aromatic carbocycles. The lowest BCUT2D eigenvalue weighted by molar-refractivity contribution is -0.116. The van der Waals surface area contributed by atoms with Gasteiger partial charge in [-0.1, -0.05) is 26.0 Å². The molecule has 0 unspecified atom stereocenters. The molecule has 15 heavy (non-hydrogen) atoms. The van der Waals surface area contributed by atoms with Crippen LogP contribution in [0.3, 0.4) is 0 Å². The molecule has 1 heterocycles. The molecule has 2 heteroatoms. The van der Waals surface area contributed by atoms with Crippen LogP contribution in [0.1, 0.15) is 42.9 Å². The summed E-state index contributed by atoms with van der Waals surface area (Å²) in [5.74, 6) is 0.667. The third kappa shape index (κ3) is 1.76. The second kappa shape index (κ2) is 3.69. The van der Waals surface area contributed by atoms with E-state index < -0.39 is 0 Å². The number of anilines is 1. The summed E-state index contributed by atoms with van der Waals surface area (Å²) in [6.07, 6.45) is 1.51. The van der Waals surface area contributed by atoms with E-state index in [1.807, 2.05) is 0 Å². The molecule has 0 spiro atoms. The largest absolute Gasteiger partial charge is 0.326 e. The highest BCUT2D eigenvalue weighted by Crippen LogP contribution is 2.32. The summed E-state index contributed by atoms with van der Waals surface area (Å²) in [5.41, 5.74) is 4.93. The van der Waals surface area contributed by atoms with Crippen molar-refractivity contribution < 1.29 is 4.79 Å². The normalized spacial score (nSPS) is 15.1. The fourth-order valence-corrected chi connectivity index (χ4v) is 2.21. The van der Waals surface area contributed by atoms with Crippen LogP contribution in [0, 0.1) is 6.92 Å². The van der Waals surface area contributed by atoms with Gasteiger partial charge in [0.15, 0.2) is 0 Å². The first-order valence-electron chi connectivity index (χ1n) is 5.52. The van der Waals surface area contributed by atoms with Gasteiger partial charge in [-0.15, -0.1) is 0 Å². The van der Waals surface area contributed by atoms with Gasteiger partial charge in [0.05, 0.1) is 0 Å². The number of carbonyl (C=O) groups excluding carboxylic acids is 1. The number of aryl methyl sites for hydroxylation is 1. The zero-order valence-electron chi connectivity index (χ0n) is 9.55. The standard InChI is InChI=1S/C13H17NO/c1-8(2)10-5-4-9(3)13-11(10)6-7-12(15)14-13/h4-5,8H,6-7H2,1-3H3,(H,14,15). The maximum absolute atomic E-state index is 11.3. The maximum Gasteiger partial charge on any atom is 0.224 e. The molecule has 0 aromatic heterocycles. The Morgan fingerprint density at radius 1 is 1.27 bits per heavy atom. The number of rotatable bonds is 1. The highest BCUT2D eigenvalue weighted by molar-refractivity contribution is 5.95. The first kappa shape index (κ1) is 10.2. The van der Waals surface area contributed by atoms with E-state index in [0.29, 0.717) is 12.3 Å². The molecular formula is C13H17NO. The second-order valence-electron chi connectivity index (χ2n) is 4.53. The smallest absolute Gasteiger partial charge is 0.224 e. The summed E-state index contributed by atoms with van der Waals surface area (Å²) < 4.78 is 0. The van der Waals surface area contributed by atoms with E-state index in [1.54, 1.807) is 0 Å². The maximum atomic E-state index is 11.3. The summed E-state index contributed by atoms with van der Waals surface area (Å²) in [6, 6.07) is 4.29. The van der Waals surface area contributed by atoms with E-state index in [0.717, 1.165) is 12.1 Å². The van der Waals surface area contributed by atoms with E-state index in [4.69, 9.17) is 0 Å². The molecule has 1 N–H and O–H groups in total. The Hall–Kier alpha value is -1.31. The van der Waals surface area contributed by atoms with Crippen LogP contribution < -0.4 is 5.32 Å². The fourth-order valence-electron chi connectivity index (χ4n) is 2.21. The lowest BCUT2D eigenvalue weighted by Crippen LogP contribution is -2.21. The van der Waals surface area contributed by atoms with Gasteiger partial charge in [-0.25, -0.2) is 0 Å². The third-order valence-corrected chi connectivity index (χ3v) is 3.05. The van der Waals surface area contributed by atoms with Crippen molar-refractivity contribution in [2.45, 2.75) is 39.5 Å². The van der Waals surface area contributed by atoms with Crippen LogP contribution in [0.2, 0.25) is 0 Å². The Morgan fingerprint density at radius 2 is 2.00 bits per heavy atom. The summed E-state index contributed by atoms with van der Waals surface area (Å²) in [6.45, 7) is 6.44. The minimum atomic E-state index is 0.145. The van der Waals surface area contributed by atoms with Crippen LogP contribution in [-0.4, -0.2) is 5.91 Å². The molecule has 1 amide bonds. The lowest BCUT2D eigenvalue weighted by Gasteiger charge is -2.23. The van der Waals surface area contributed by atoms with Crippen LogP contribution >= 0.6 is 0 Å². The van der Waals surface area contributed by atoms with Crippen molar-refractivity contribution in [1.29, 1.82) is 0 Å². The van der Waals surface area contributed by atoms with Crippen LogP contribution in [0.4, 0.5) is 5.69 Å². The van der Waals surface area contributed by atoms with Crippen molar-refractivity contribution in [2.24, 2.45) is 0 Å². The third-order valence-electron chi connectivity index (χ3n) is 3.05. The van der Waals surface area contributed by atoms with Crippen LogP contribution in [0.15, 0.2) is 12.1 Å². The van der Waals surface area contributed by atoms with E-state index in [-0.39, 0.29) is 5.91 Å². The molecule has 1 aliphatic rings. The average Bonchev–Trinajstić information content (AvgIpc) is 2.19. The predicted molar refractivity (Wildman–Crippen MR) is 62.2 cm³/mol. The van der Waals surface area contributed by atoms with Gasteiger partial charge in [0.1, 0.15) is 0 Å². The molecule has 0 atom stereocenters. The number of benzene rings is 1. The van der Waals surface area contributed by atoms with E-state index in [2.05, 4.69) is 38.2 Å². The van der Waals surface area contributed by atoms with Gasteiger partial charge >= 0.3 is 0 Å². The van der Waals surface area contributed by atoms with E-state index >= 15 is 0 Å². The summed E-state index contributed by atoms with van der Waals surface area (Å²) in [4.78, 5) is 11.3. The molecule has 0 saturated heterocycles. The molecule has 0 saturated carbocycles. The number of amides is 1. The number of nitrogens with one attached hydrogen (secondary N) is 1. The van der Waals surface area contributed by atoms with E-state index in [9.17, 15) is 4.79 Å². The minimum Gasteiger partial charge on any atom is -0.326 e. The van der Waals surface area contributed by atoms with Gasteiger partial charge in [-0.2, -0.15) is 0 Å². The zero-order valence-corrected chi connectivity index (χ0v) is 9.55. The van der Waals surface area contributed by atoms with Gasteiger partial charge in [-0.05, 0) is 36.0 Å². The first-order valence-corrected chi connectivity index (χ1v) is 5.52. The molecule has 1 aromatic rings. The van der Waals surface area contributed by atoms with Gasteiger partial charge in [0, 0.05) is 12.1 Å². The Morgan fingerprint density at radius 3 is 2.67 bits per heavy atom. The highest BCUT2D eigenvalue weighted by Gasteiger charge is 2.20. The van der Waals surface area contributed by atoms with Gasteiger partial charge in [0.25, 0.3) is 0 Å². The van der Waals surface area contributed by atoms with Crippen molar-refractivity contribution in [3.63, 3.8) is 0 Å². The molecule has 2 nitrogen and oxygen atoms in total. The highest BCUT2D eigenvalue weighted by atomic mass is 16.1. The van der Waals surface area contributed by atoms with Crippen molar-refractivity contribution in [1.82, 2.24) is 0 Å². The molecule has 0 aliphatic carbocycles. The predicted octanol–water partition coefficient (Wildman–Crippen LogP) is 3.00. The Bertz CT molecular complexity index is 407. The minimum absolute atomic E-state index is 0.145. The van der Waals surface area contributed by atoms with Crippen LogP contribution in [0.5, 0.6) is 0 Å². The van der Waals surface area contributed by atoms with Crippen LogP contribution in [0.25, 0.3) is 0 Å². The first-order chi connectivity index (χ1) is 7.09. The Kier molecular flexibility index (Phi) is 2.51. The molecule has 0 radical (unpaired) electrons. The number of fused-ring (bicyclic) bond motifs is 1. The second-order valence-corrected chi connectivity index (χ2v) is 4.53. The molecule has 0 fully saturated rings. The molecule has 2 rings (SSSR count). The monoisotopic (exact) mass is 203 g/mol. The molecule has 1 aliphatic heterocycles. The summed E-state index contributed by atoms with van der Waals surface area (Å²) >= 11 is 0. The van der Waals surface area contributed by atoms with Crippen LogP contribution in [-0.2, 0) is 11.2 Å². The fraction of sp³-hybridized carbons (Fsp3) is 0.462. The summed E-state index contributed by atoms with van der Waals surface area (Å²) in [5, 5.41) is 2.98. The lowest BCUT2D eigenvalue weighted by atomic mass is 9.89. The summed E-state index contributed by atoms with van der Waals surface area (Å²) in [7, 11) is 0. The Balaban J connectivity index is 2.55. The molecule has 80 valence electrons. The number of carbonyl (C=O) groups is 1. The topological polar surface area (TPSA) is 29.1 Å². The van der Waals surface area contributed by atoms with Gasteiger partial charge in [0.2, 0.25) is 5.91 Å². The molecule has 0 bridgehead atoms. The quantitative estimate of drug-likeness (QED) is 0.747. The molecular weight excluding hydrogens is 186 g/mol. The van der Waals surface area contributed by atoms with E-state index in [1.165, 1.54) is 16.7 Å². The van der Waals surface area contributed by atoms with Crippen molar-refractivity contribution in [3.8, 4) is 0 Å². The van der Waals surface area contributed by atoms with Crippen molar-refractivity contribution >= 4 is 11.6 Å². The Labute approximate surface area is 90.7 Å². The van der Waals surface area contributed by atoms with Gasteiger partial charge < -0.3 is 5.32 Å². The SMILES string of the molecule is Cc1ccc(C(C)C)c2c1NC(=O)CC2. The van der Waals surface area contributed by atoms with Gasteiger partial charge in [-0.3, -0.25) is 4.79 Å². The zero-order chi connectivity index (χ0) is 11.0. The average molecular weight is 203 g/mol. The van der Waals surface area contributed by atoms with Crippen molar-refractivity contribution in [2.75, 3.05) is 5.32 Å².